The van der Waals surface area contributed by atoms with Crippen LogP contribution in [0.5, 0.6) is 0 Å². The molecule has 6 heteroatoms. The van der Waals surface area contributed by atoms with Crippen molar-refractivity contribution in [3.8, 4) is 0 Å². The summed E-state index contributed by atoms with van der Waals surface area (Å²) in [6, 6.07) is 6.90. The Morgan fingerprint density at radius 1 is 1.08 bits per heavy atom. The van der Waals surface area contributed by atoms with Gasteiger partial charge in [-0.3, -0.25) is 14.4 Å². The predicted octanol–water partition coefficient (Wildman–Crippen LogP) is 1.19. The smallest absolute Gasteiger partial charge is 0.251 e. The second-order valence-corrected chi connectivity index (χ2v) is 5.69. The Kier molecular flexibility index (Phi) is 6.54. The number of hydrogen-bond donors (Lipinski definition) is 2. The summed E-state index contributed by atoms with van der Waals surface area (Å²) in [6.45, 7) is 1.59. The number of benzene rings is 1. The van der Waals surface area contributed by atoms with Gasteiger partial charge in [0, 0.05) is 31.8 Å². The lowest BCUT2D eigenvalue weighted by Crippen LogP contribution is -2.42. The highest BCUT2D eigenvalue weighted by molar-refractivity contribution is 5.95. The third kappa shape index (κ3) is 5.22. The summed E-state index contributed by atoms with van der Waals surface area (Å²) in [5.74, 6) is -0.499. The average molecular weight is 329 g/mol. The molecule has 0 bridgehead atoms. The summed E-state index contributed by atoms with van der Waals surface area (Å²) in [5.41, 5.74) is 1.37. The number of carbonyl (C=O) groups is 3. The molecule has 2 rings (SSSR count). The third-order valence-electron chi connectivity index (χ3n) is 3.95. The van der Waals surface area contributed by atoms with Crippen LogP contribution < -0.4 is 10.6 Å². The summed E-state index contributed by atoms with van der Waals surface area (Å²) >= 11 is 0. The Hall–Kier alpha value is -2.63. The van der Waals surface area contributed by atoms with Crippen LogP contribution in [0, 0.1) is 0 Å². The molecule has 2 N–H and O–H groups in total. The zero-order chi connectivity index (χ0) is 17.4. The molecule has 0 aromatic heterocycles. The standard InChI is InChI=1S/C18H23N3O3/c1-19-18(24)15-8-5-14(6-9-15)7-10-16(22)20-13-17(23)21-11-3-2-4-12-21/h5-10H,2-4,11-13H2,1H3,(H,19,24)(H,20,22). The van der Waals surface area contributed by atoms with Gasteiger partial charge in [-0.15, -0.1) is 0 Å². The number of piperidine rings is 1. The predicted molar refractivity (Wildman–Crippen MR) is 92.3 cm³/mol. The molecule has 1 aromatic rings. The summed E-state index contributed by atoms with van der Waals surface area (Å²) in [6.07, 6.45) is 6.27. The van der Waals surface area contributed by atoms with E-state index in [1.165, 1.54) is 6.08 Å². The highest BCUT2D eigenvalue weighted by atomic mass is 16.2. The van der Waals surface area contributed by atoms with Crippen molar-refractivity contribution in [1.82, 2.24) is 15.5 Å². The molecule has 0 saturated carbocycles. The molecule has 128 valence electrons. The molecule has 0 spiro atoms. The van der Waals surface area contributed by atoms with Gasteiger partial charge in [0.25, 0.3) is 5.91 Å². The minimum absolute atomic E-state index is 0.0266. The SMILES string of the molecule is CNC(=O)c1ccc(C=CC(=O)NCC(=O)N2CCCCC2)cc1. The molecular weight excluding hydrogens is 306 g/mol. The normalized spacial score (nSPS) is 14.5. The van der Waals surface area contributed by atoms with E-state index in [0.29, 0.717) is 5.56 Å². The maximum Gasteiger partial charge on any atom is 0.251 e. The second-order valence-electron chi connectivity index (χ2n) is 5.69. The van der Waals surface area contributed by atoms with Crippen LogP contribution in [0.15, 0.2) is 30.3 Å². The van der Waals surface area contributed by atoms with Crippen LogP contribution in [-0.2, 0) is 9.59 Å². The first-order chi connectivity index (χ1) is 11.6. The largest absolute Gasteiger partial charge is 0.355 e. The van der Waals surface area contributed by atoms with Gasteiger partial charge >= 0.3 is 0 Å². The Balaban J connectivity index is 1.79. The minimum Gasteiger partial charge on any atom is -0.355 e. The van der Waals surface area contributed by atoms with Crippen LogP contribution in [0.2, 0.25) is 0 Å². The summed E-state index contributed by atoms with van der Waals surface area (Å²) in [4.78, 5) is 37.0. The number of nitrogens with zero attached hydrogens (tertiary/aromatic N) is 1. The van der Waals surface area contributed by atoms with Crippen LogP contribution in [-0.4, -0.2) is 49.3 Å². The van der Waals surface area contributed by atoms with E-state index < -0.39 is 0 Å². The highest BCUT2D eigenvalue weighted by Crippen LogP contribution is 2.08. The van der Waals surface area contributed by atoms with Crippen LogP contribution in [0.4, 0.5) is 0 Å². The van der Waals surface area contributed by atoms with Gasteiger partial charge in [-0.05, 0) is 43.0 Å². The fraction of sp³-hybridized carbons (Fsp3) is 0.389. The molecular formula is C18H23N3O3. The number of nitrogens with one attached hydrogen (secondary N) is 2. The van der Waals surface area contributed by atoms with E-state index in [9.17, 15) is 14.4 Å². The Morgan fingerprint density at radius 2 is 1.75 bits per heavy atom. The van der Waals surface area contributed by atoms with Crippen LogP contribution in [0.1, 0.15) is 35.2 Å². The lowest BCUT2D eigenvalue weighted by atomic mass is 10.1. The molecule has 24 heavy (non-hydrogen) atoms. The quantitative estimate of drug-likeness (QED) is 0.797. The minimum atomic E-state index is -0.310. The van der Waals surface area contributed by atoms with Gasteiger partial charge in [-0.2, -0.15) is 0 Å². The van der Waals surface area contributed by atoms with Gasteiger partial charge in [0.15, 0.2) is 0 Å². The van der Waals surface area contributed by atoms with E-state index in [2.05, 4.69) is 10.6 Å². The first-order valence-corrected chi connectivity index (χ1v) is 8.16. The topological polar surface area (TPSA) is 78.5 Å². The second kappa shape index (κ2) is 8.86. The summed E-state index contributed by atoms with van der Waals surface area (Å²) in [5, 5.41) is 5.16. The fourth-order valence-corrected chi connectivity index (χ4v) is 2.54. The van der Waals surface area contributed by atoms with Gasteiger partial charge < -0.3 is 15.5 Å². The Bertz CT molecular complexity index is 617. The van der Waals surface area contributed by atoms with Crippen molar-refractivity contribution in [3.05, 3.63) is 41.5 Å². The number of hydrogen-bond acceptors (Lipinski definition) is 3. The Morgan fingerprint density at radius 3 is 2.38 bits per heavy atom. The van der Waals surface area contributed by atoms with Crippen molar-refractivity contribution in [2.45, 2.75) is 19.3 Å². The van der Waals surface area contributed by atoms with Crippen molar-refractivity contribution in [1.29, 1.82) is 0 Å². The van der Waals surface area contributed by atoms with Gasteiger partial charge in [-0.25, -0.2) is 0 Å². The van der Waals surface area contributed by atoms with Crippen molar-refractivity contribution in [3.63, 3.8) is 0 Å². The molecule has 0 radical (unpaired) electrons. The molecule has 1 aromatic carbocycles. The van der Waals surface area contributed by atoms with Crippen molar-refractivity contribution < 1.29 is 14.4 Å². The Labute approximate surface area is 141 Å². The third-order valence-corrected chi connectivity index (χ3v) is 3.95. The zero-order valence-electron chi connectivity index (χ0n) is 13.9. The van der Waals surface area contributed by atoms with Crippen molar-refractivity contribution in [2.24, 2.45) is 0 Å². The molecule has 1 fully saturated rings. The maximum absolute atomic E-state index is 12.0. The molecule has 1 aliphatic rings. The average Bonchev–Trinajstić information content (AvgIpc) is 2.64. The maximum atomic E-state index is 12.0. The lowest BCUT2D eigenvalue weighted by Gasteiger charge is -2.26. The molecule has 0 unspecified atom stereocenters. The number of likely N-dealkylation sites (tertiary alicyclic amines) is 1. The van der Waals surface area contributed by atoms with Gasteiger partial charge in [-0.1, -0.05) is 12.1 Å². The van der Waals surface area contributed by atoms with Crippen molar-refractivity contribution in [2.75, 3.05) is 26.7 Å². The molecule has 6 nitrogen and oxygen atoms in total. The molecule has 3 amide bonds. The van der Waals surface area contributed by atoms with Crippen LogP contribution in [0.25, 0.3) is 6.08 Å². The van der Waals surface area contributed by atoms with Gasteiger partial charge in [0.2, 0.25) is 11.8 Å². The number of rotatable bonds is 5. The van der Waals surface area contributed by atoms with E-state index >= 15 is 0 Å². The number of amides is 3. The highest BCUT2D eigenvalue weighted by Gasteiger charge is 2.16. The summed E-state index contributed by atoms with van der Waals surface area (Å²) < 4.78 is 0. The molecule has 0 atom stereocenters. The van der Waals surface area contributed by atoms with E-state index in [0.717, 1.165) is 37.9 Å². The lowest BCUT2D eigenvalue weighted by molar-refractivity contribution is -0.132. The van der Waals surface area contributed by atoms with E-state index in [-0.39, 0.29) is 24.3 Å². The molecule has 0 aliphatic carbocycles. The fourth-order valence-electron chi connectivity index (χ4n) is 2.54. The van der Waals surface area contributed by atoms with E-state index in [1.54, 1.807) is 42.3 Å². The van der Waals surface area contributed by atoms with Crippen LogP contribution >= 0.6 is 0 Å². The van der Waals surface area contributed by atoms with E-state index in [4.69, 9.17) is 0 Å². The van der Waals surface area contributed by atoms with Gasteiger partial charge in [0.05, 0.1) is 6.54 Å². The van der Waals surface area contributed by atoms with Crippen molar-refractivity contribution >= 4 is 23.8 Å². The first kappa shape index (κ1) is 17.7. The summed E-state index contributed by atoms with van der Waals surface area (Å²) in [7, 11) is 1.58. The molecule has 1 aliphatic heterocycles. The zero-order valence-corrected chi connectivity index (χ0v) is 13.9. The van der Waals surface area contributed by atoms with Crippen LogP contribution in [0.3, 0.4) is 0 Å². The number of carbonyl (C=O) groups excluding carboxylic acids is 3. The molecule has 1 heterocycles. The molecule has 1 saturated heterocycles. The monoisotopic (exact) mass is 329 g/mol. The van der Waals surface area contributed by atoms with E-state index in [1.807, 2.05) is 0 Å². The first-order valence-electron chi connectivity index (χ1n) is 8.16. The van der Waals surface area contributed by atoms with Gasteiger partial charge in [0.1, 0.15) is 0 Å².